The van der Waals surface area contributed by atoms with Gasteiger partial charge < -0.3 is 25.8 Å². The minimum Gasteiger partial charge on any atom is -0.481 e. The number of rotatable bonds is 6. The number of aliphatic hydroxyl groups is 1. The van der Waals surface area contributed by atoms with Crippen molar-refractivity contribution in [3.8, 4) is 11.4 Å². The number of para-hydroxylation sites is 1. The van der Waals surface area contributed by atoms with Crippen molar-refractivity contribution in [1.29, 1.82) is 0 Å². The number of anilines is 4. The summed E-state index contributed by atoms with van der Waals surface area (Å²) in [4.78, 5) is 20.6. The summed E-state index contributed by atoms with van der Waals surface area (Å²) in [6.07, 6.45) is 1.07. The van der Waals surface area contributed by atoms with Gasteiger partial charge in [0, 0.05) is 13.1 Å². The summed E-state index contributed by atoms with van der Waals surface area (Å²) in [5.41, 5.74) is 1.57. The van der Waals surface area contributed by atoms with Crippen LogP contribution in [0.1, 0.15) is 22.1 Å². The highest BCUT2D eigenvalue weighted by atomic mass is 19.1. The zero-order valence-electron chi connectivity index (χ0n) is 17.8. The molecular formula is C21H18FN9O3. The lowest BCUT2D eigenvalue weighted by Crippen LogP contribution is -2.22. The molecule has 3 aromatic heterocycles. The lowest BCUT2D eigenvalue weighted by atomic mass is 10.2. The van der Waals surface area contributed by atoms with Crippen molar-refractivity contribution in [1.82, 2.24) is 35.3 Å². The van der Waals surface area contributed by atoms with E-state index in [1.165, 1.54) is 19.2 Å². The third-order valence-corrected chi connectivity index (χ3v) is 4.92. The van der Waals surface area contributed by atoms with E-state index in [0.29, 0.717) is 34.5 Å². The van der Waals surface area contributed by atoms with Gasteiger partial charge in [-0.05, 0) is 24.3 Å². The molecule has 1 aromatic carbocycles. The zero-order chi connectivity index (χ0) is 23.7. The molecule has 4 heterocycles. The van der Waals surface area contributed by atoms with E-state index in [2.05, 4.69) is 41.2 Å². The fourth-order valence-electron chi connectivity index (χ4n) is 3.38. The van der Waals surface area contributed by atoms with E-state index in [4.69, 9.17) is 4.74 Å². The molecule has 0 aliphatic carbocycles. The van der Waals surface area contributed by atoms with Gasteiger partial charge >= 0.3 is 0 Å². The third-order valence-electron chi connectivity index (χ3n) is 4.92. The molecule has 0 spiro atoms. The van der Waals surface area contributed by atoms with Crippen LogP contribution in [0.15, 0.2) is 42.6 Å². The Morgan fingerprint density at radius 2 is 2.06 bits per heavy atom. The summed E-state index contributed by atoms with van der Waals surface area (Å²) < 4.78 is 20.7. The fraction of sp³-hybridized carbons (Fsp3) is 0.143. The molecular weight excluding hydrogens is 445 g/mol. The number of benzene rings is 1. The zero-order valence-corrected chi connectivity index (χ0v) is 17.8. The van der Waals surface area contributed by atoms with Gasteiger partial charge in [-0.25, -0.2) is 19.0 Å². The number of hydrogen-bond donors (Lipinski definition) is 4. The van der Waals surface area contributed by atoms with Gasteiger partial charge in [0.1, 0.15) is 30.5 Å². The van der Waals surface area contributed by atoms with Gasteiger partial charge in [0.25, 0.3) is 5.91 Å². The topological polar surface area (TPSA) is 152 Å². The van der Waals surface area contributed by atoms with Gasteiger partial charge in [0.15, 0.2) is 28.9 Å². The second-order valence-corrected chi connectivity index (χ2v) is 7.14. The number of hydrogen-bond acceptors (Lipinski definition) is 10. The normalized spacial score (nSPS) is 11.7. The Bertz CT molecular complexity index is 1370. The highest BCUT2D eigenvalue weighted by Crippen LogP contribution is 2.38. The van der Waals surface area contributed by atoms with Crippen LogP contribution in [0, 0.1) is 5.82 Å². The Morgan fingerprint density at radius 3 is 2.82 bits per heavy atom. The van der Waals surface area contributed by atoms with Gasteiger partial charge in [0.2, 0.25) is 0 Å². The molecule has 0 atom stereocenters. The highest BCUT2D eigenvalue weighted by Gasteiger charge is 2.24. The quantitative estimate of drug-likeness (QED) is 0.333. The molecule has 34 heavy (non-hydrogen) atoms. The lowest BCUT2D eigenvalue weighted by Gasteiger charge is -2.21. The van der Waals surface area contributed by atoms with Crippen LogP contribution in [0.4, 0.5) is 27.4 Å². The summed E-state index contributed by atoms with van der Waals surface area (Å²) >= 11 is 0. The SMILES string of the molecule is CNC(=O)c1nnc(Nc2ccc(F)cn2)cc1Nc1cccc2c1OCc1nc(CO)nn1-2. The summed E-state index contributed by atoms with van der Waals surface area (Å²) in [7, 11) is 1.49. The van der Waals surface area contributed by atoms with E-state index in [1.807, 2.05) is 0 Å². The molecule has 4 aromatic rings. The maximum absolute atomic E-state index is 13.2. The van der Waals surface area contributed by atoms with Crippen molar-refractivity contribution < 1.29 is 19.0 Å². The molecule has 0 saturated heterocycles. The van der Waals surface area contributed by atoms with Crippen LogP contribution in [-0.2, 0) is 13.2 Å². The third kappa shape index (κ3) is 3.95. The number of aliphatic hydroxyl groups excluding tert-OH is 1. The van der Waals surface area contributed by atoms with Crippen molar-refractivity contribution >= 4 is 28.9 Å². The standard InChI is InChI=1S/C21H18FN9O3/c1-23-21(33)19-13(7-16(28-29-19)26-15-6-5-11(22)8-24-15)25-12-3-2-4-14-20(12)34-10-18-27-17(9-32)30-31(14)18/h2-8,32H,9-10H2,1H3,(H,23,33)(H2,24,25,26,28). The van der Waals surface area contributed by atoms with Gasteiger partial charge in [-0.1, -0.05) is 6.07 Å². The first-order valence-corrected chi connectivity index (χ1v) is 10.1. The minimum absolute atomic E-state index is 0.0533. The number of halogens is 1. The van der Waals surface area contributed by atoms with E-state index in [-0.39, 0.29) is 30.5 Å². The van der Waals surface area contributed by atoms with Gasteiger partial charge in [-0.3, -0.25) is 4.79 Å². The van der Waals surface area contributed by atoms with Crippen LogP contribution in [0.5, 0.6) is 5.75 Å². The van der Waals surface area contributed by atoms with Crippen LogP contribution in [0.2, 0.25) is 0 Å². The number of amides is 1. The monoisotopic (exact) mass is 463 g/mol. The summed E-state index contributed by atoms with van der Waals surface area (Å²) in [6, 6.07) is 9.65. The predicted octanol–water partition coefficient (Wildman–Crippen LogP) is 1.82. The molecule has 12 nitrogen and oxygen atoms in total. The van der Waals surface area contributed by atoms with Crippen LogP contribution in [-0.4, -0.2) is 48.0 Å². The number of aromatic nitrogens is 6. The molecule has 0 fully saturated rings. The minimum atomic E-state index is -0.468. The lowest BCUT2D eigenvalue weighted by molar-refractivity contribution is 0.0958. The Balaban J connectivity index is 1.51. The van der Waals surface area contributed by atoms with Gasteiger partial charge in [-0.2, -0.15) is 0 Å². The molecule has 172 valence electrons. The number of carbonyl (C=O) groups excluding carboxylic acids is 1. The average molecular weight is 463 g/mol. The summed E-state index contributed by atoms with van der Waals surface area (Å²) in [5, 5.41) is 30.4. The number of carbonyl (C=O) groups is 1. The number of pyridine rings is 1. The van der Waals surface area contributed by atoms with Gasteiger partial charge in [-0.15, -0.1) is 15.3 Å². The van der Waals surface area contributed by atoms with E-state index >= 15 is 0 Å². The predicted molar refractivity (Wildman–Crippen MR) is 118 cm³/mol. The number of nitrogens with zero attached hydrogens (tertiary/aromatic N) is 6. The first-order valence-electron chi connectivity index (χ1n) is 10.1. The number of ether oxygens (including phenoxy) is 1. The van der Waals surface area contributed by atoms with Crippen molar-refractivity contribution in [2.75, 3.05) is 17.7 Å². The molecule has 0 radical (unpaired) electrons. The Hall–Kier alpha value is -4.65. The smallest absolute Gasteiger partial charge is 0.273 e. The van der Waals surface area contributed by atoms with Crippen LogP contribution >= 0.6 is 0 Å². The molecule has 4 N–H and O–H groups in total. The first kappa shape index (κ1) is 21.2. The van der Waals surface area contributed by atoms with Crippen LogP contribution < -0.4 is 20.7 Å². The Labute approximate surface area is 191 Å². The van der Waals surface area contributed by atoms with E-state index in [0.717, 1.165) is 6.20 Å². The maximum atomic E-state index is 13.2. The van der Waals surface area contributed by atoms with Crippen LogP contribution in [0.3, 0.4) is 0 Å². The summed E-state index contributed by atoms with van der Waals surface area (Å²) in [5.74, 6) is 1.06. The van der Waals surface area contributed by atoms with E-state index in [9.17, 15) is 14.3 Å². The molecule has 0 saturated carbocycles. The van der Waals surface area contributed by atoms with Crippen molar-refractivity contribution in [3.05, 3.63) is 65.8 Å². The van der Waals surface area contributed by atoms with Crippen molar-refractivity contribution in [2.45, 2.75) is 13.2 Å². The second-order valence-electron chi connectivity index (χ2n) is 7.14. The molecule has 1 aliphatic rings. The van der Waals surface area contributed by atoms with Crippen LogP contribution in [0.25, 0.3) is 5.69 Å². The number of nitrogens with one attached hydrogen (secondary N) is 3. The molecule has 0 bridgehead atoms. The first-order chi connectivity index (χ1) is 16.6. The largest absolute Gasteiger partial charge is 0.481 e. The Morgan fingerprint density at radius 1 is 1.18 bits per heavy atom. The van der Waals surface area contributed by atoms with E-state index < -0.39 is 11.7 Å². The van der Waals surface area contributed by atoms with Gasteiger partial charge in [0.05, 0.1) is 17.6 Å². The fourth-order valence-corrected chi connectivity index (χ4v) is 3.38. The molecule has 1 amide bonds. The van der Waals surface area contributed by atoms with Crippen molar-refractivity contribution in [2.24, 2.45) is 0 Å². The molecule has 13 heteroatoms. The summed E-state index contributed by atoms with van der Waals surface area (Å²) in [6.45, 7) is -0.136. The Kier molecular flexibility index (Phi) is 5.43. The molecule has 0 unspecified atom stereocenters. The van der Waals surface area contributed by atoms with Crippen molar-refractivity contribution in [3.63, 3.8) is 0 Å². The molecule has 5 rings (SSSR count). The molecule has 1 aliphatic heterocycles. The number of fused-ring (bicyclic) bond motifs is 3. The van der Waals surface area contributed by atoms with E-state index in [1.54, 1.807) is 28.9 Å². The second kappa shape index (κ2) is 8.71. The maximum Gasteiger partial charge on any atom is 0.273 e. The highest BCUT2D eigenvalue weighted by molar-refractivity contribution is 5.98. The average Bonchev–Trinajstić information content (AvgIpc) is 3.29.